The number of pyridine rings is 1. The van der Waals surface area contributed by atoms with E-state index in [9.17, 15) is 13.6 Å². The summed E-state index contributed by atoms with van der Waals surface area (Å²) in [6.45, 7) is 2.17. The van der Waals surface area contributed by atoms with Crippen molar-refractivity contribution in [3.8, 4) is 11.1 Å². The number of aromatic nitrogens is 3. The van der Waals surface area contributed by atoms with Gasteiger partial charge in [-0.3, -0.25) is 19.7 Å². The van der Waals surface area contributed by atoms with Crippen molar-refractivity contribution in [3.63, 3.8) is 0 Å². The van der Waals surface area contributed by atoms with Gasteiger partial charge in [-0.25, -0.2) is 4.90 Å². The Morgan fingerprint density at radius 2 is 1.97 bits per heavy atom. The van der Waals surface area contributed by atoms with Crippen LogP contribution in [0.2, 0.25) is 0 Å². The molecular weight excluding hydrogens is 506 g/mol. The molecule has 3 aromatic heterocycles. The molecule has 10 heteroatoms. The molecule has 0 aliphatic carbocycles. The second-order valence-corrected chi connectivity index (χ2v) is 10.5. The molecule has 0 saturated carbocycles. The molecule has 2 N–H and O–H groups in total. The summed E-state index contributed by atoms with van der Waals surface area (Å²) in [4.78, 5) is 27.3. The molecule has 38 heavy (non-hydrogen) atoms. The lowest BCUT2D eigenvalue weighted by Gasteiger charge is -2.16. The molecule has 1 aliphatic rings. The molecule has 1 unspecified atom stereocenters. The van der Waals surface area contributed by atoms with Gasteiger partial charge >= 0.3 is 6.05 Å². The largest absolute Gasteiger partial charge is 0.354 e. The monoisotopic (exact) mass is 530 g/mol. The maximum Gasteiger partial charge on any atom is 0.306 e. The van der Waals surface area contributed by atoms with Gasteiger partial charge < -0.3 is 10.6 Å². The summed E-state index contributed by atoms with van der Waals surface area (Å²) < 4.78 is 29.1. The molecule has 0 radical (unpaired) electrons. The fraction of sp³-hybridized carbons (Fsp3) is 0.214. The quantitative estimate of drug-likeness (QED) is 0.272. The lowest BCUT2D eigenvalue weighted by Crippen LogP contribution is -2.36. The molecule has 1 amide bonds. The molecule has 1 fully saturated rings. The molecule has 4 heterocycles. The number of carbonyl (C=O) groups is 1. The Bertz CT molecular complexity index is 1690. The number of nitrogens with zero attached hydrogens (tertiary/aromatic N) is 4. The summed E-state index contributed by atoms with van der Waals surface area (Å²) >= 11 is 1.71. The molecule has 5 aromatic rings. The van der Waals surface area contributed by atoms with E-state index < -0.39 is 24.4 Å². The predicted octanol–water partition coefficient (Wildman–Crippen LogP) is 5.99. The minimum Gasteiger partial charge on any atom is -0.354 e. The van der Waals surface area contributed by atoms with Crippen LogP contribution in [0, 0.1) is 6.92 Å². The highest BCUT2D eigenvalue weighted by Crippen LogP contribution is 2.36. The van der Waals surface area contributed by atoms with Gasteiger partial charge in [0.05, 0.1) is 28.5 Å². The number of halogens is 2. The van der Waals surface area contributed by atoms with E-state index in [1.54, 1.807) is 36.0 Å². The Labute approximate surface area is 221 Å². The van der Waals surface area contributed by atoms with E-state index in [-0.39, 0.29) is 6.54 Å². The number of carbonyl (C=O) groups excluding carboxylic acids is 1. The van der Waals surface area contributed by atoms with Gasteiger partial charge in [-0.2, -0.15) is 8.78 Å². The van der Waals surface area contributed by atoms with Crippen LogP contribution < -0.4 is 10.6 Å². The van der Waals surface area contributed by atoms with Crippen molar-refractivity contribution >= 4 is 49.7 Å². The SMILES string of the molecule is Cc1csc2ccc(-c3cc(Nc4cnccc4C(=O)NC4CN(C)C(F)(F)C4)cc4nccnc34)cc12. The number of fused-ring (bicyclic) bond motifs is 2. The van der Waals surface area contributed by atoms with Crippen molar-refractivity contribution < 1.29 is 13.6 Å². The number of nitrogens with one attached hydrogen (secondary N) is 2. The summed E-state index contributed by atoms with van der Waals surface area (Å²) in [6.07, 6.45) is 5.93. The summed E-state index contributed by atoms with van der Waals surface area (Å²) in [6, 6.07) is 8.16. The van der Waals surface area contributed by atoms with Crippen LogP contribution in [0.25, 0.3) is 32.2 Å². The second-order valence-electron chi connectivity index (χ2n) is 9.54. The van der Waals surface area contributed by atoms with E-state index >= 15 is 0 Å². The fourth-order valence-corrected chi connectivity index (χ4v) is 5.80. The van der Waals surface area contributed by atoms with Crippen molar-refractivity contribution in [2.75, 3.05) is 18.9 Å². The Hall–Kier alpha value is -4.02. The molecule has 0 spiro atoms. The van der Waals surface area contributed by atoms with Crippen LogP contribution in [0.4, 0.5) is 20.2 Å². The van der Waals surface area contributed by atoms with E-state index in [0.717, 1.165) is 21.5 Å². The predicted molar refractivity (Wildman–Crippen MR) is 146 cm³/mol. The van der Waals surface area contributed by atoms with Crippen molar-refractivity contribution in [1.29, 1.82) is 0 Å². The zero-order chi connectivity index (χ0) is 26.4. The first kappa shape index (κ1) is 24.3. The first-order chi connectivity index (χ1) is 18.3. The Morgan fingerprint density at radius 1 is 1.13 bits per heavy atom. The Kier molecular flexibility index (Phi) is 6.00. The van der Waals surface area contributed by atoms with Crippen LogP contribution in [-0.2, 0) is 0 Å². The maximum absolute atomic E-state index is 13.9. The summed E-state index contributed by atoms with van der Waals surface area (Å²) in [5.41, 5.74) is 6.05. The normalized spacial score (nSPS) is 17.2. The highest BCUT2D eigenvalue weighted by Gasteiger charge is 2.45. The summed E-state index contributed by atoms with van der Waals surface area (Å²) in [5.74, 6) is -0.440. The van der Waals surface area contributed by atoms with E-state index in [1.807, 2.05) is 12.1 Å². The van der Waals surface area contributed by atoms with Crippen LogP contribution >= 0.6 is 11.3 Å². The van der Waals surface area contributed by atoms with Crippen LogP contribution in [0.15, 0.2) is 66.6 Å². The minimum absolute atomic E-state index is 0.0766. The third kappa shape index (κ3) is 4.46. The lowest BCUT2D eigenvalue weighted by molar-refractivity contribution is -0.106. The zero-order valence-corrected chi connectivity index (χ0v) is 21.5. The minimum atomic E-state index is -2.94. The number of thiophene rings is 1. The van der Waals surface area contributed by atoms with Crippen molar-refractivity contribution in [3.05, 3.63) is 77.7 Å². The van der Waals surface area contributed by atoms with E-state index in [0.29, 0.717) is 22.5 Å². The van der Waals surface area contributed by atoms with Crippen LogP contribution in [0.3, 0.4) is 0 Å². The number of benzene rings is 2. The Balaban J connectivity index is 1.35. The average molecular weight is 531 g/mol. The van der Waals surface area contributed by atoms with Gasteiger partial charge in [-0.1, -0.05) is 6.07 Å². The van der Waals surface area contributed by atoms with E-state index in [4.69, 9.17) is 0 Å². The average Bonchev–Trinajstić information content (AvgIpc) is 3.40. The number of aryl methyl sites for hydroxylation is 1. The van der Waals surface area contributed by atoms with Gasteiger partial charge in [-0.05, 0) is 66.2 Å². The number of anilines is 2. The number of likely N-dealkylation sites (N-methyl/N-ethyl adjacent to an activating group) is 1. The number of likely N-dealkylation sites (tertiary alicyclic amines) is 1. The Morgan fingerprint density at radius 3 is 2.79 bits per heavy atom. The molecule has 192 valence electrons. The van der Waals surface area contributed by atoms with Gasteiger partial charge in [0.25, 0.3) is 5.91 Å². The van der Waals surface area contributed by atoms with E-state index in [2.05, 4.69) is 56.1 Å². The van der Waals surface area contributed by atoms with Crippen molar-refractivity contribution in [2.45, 2.75) is 25.4 Å². The summed E-state index contributed by atoms with van der Waals surface area (Å²) in [5, 5.41) is 9.38. The number of hydrogen-bond donors (Lipinski definition) is 2. The third-order valence-corrected chi connectivity index (χ3v) is 7.96. The number of hydrogen-bond acceptors (Lipinski definition) is 7. The van der Waals surface area contributed by atoms with Crippen LogP contribution in [-0.4, -0.2) is 51.4 Å². The third-order valence-electron chi connectivity index (χ3n) is 6.88. The molecule has 6 rings (SSSR count). The smallest absolute Gasteiger partial charge is 0.306 e. The molecule has 2 aromatic carbocycles. The van der Waals surface area contributed by atoms with Crippen molar-refractivity contribution in [1.82, 2.24) is 25.2 Å². The molecule has 0 bridgehead atoms. The topological polar surface area (TPSA) is 83.0 Å². The van der Waals surface area contributed by atoms with E-state index in [1.165, 1.54) is 28.9 Å². The molecule has 1 atom stereocenters. The first-order valence-electron chi connectivity index (χ1n) is 12.1. The standard InChI is InChI=1S/C28H24F2N6OS/c1-16-15-38-25-4-3-17(9-21(16)25)22-10-18(11-23-26(22)33-8-7-32-23)34-24-13-31-6-5-20(24)27(37)35-19-12-28(29,30)36(2)14-19/h3-11,13,15,19,34H,12,14H2,1-2H3,(H,35,37). The van der Waals surface area contributed by atoms with Gasteiger partial charge in [-0.15, -0.1) is 11.3 Å². The van der Waals surface area contributed by atoms with Crippen LogP contribution in [0.5, 0.6) is 0 Å². The second kappa shape index (κ2) is 9.38. The van der Waals surface area contributed by atoms with Crippen molar-refractivity contribution in [2.24, 2.45) is 0 Å². The van der Waals surface area contributed by atoms with Gasteiger partial charge in [0.1, 0.15) is 0 Å². The zero-order valence-electron chi connectivity index (χ0n) is 20.7. The van der Waals surface area contributed by atoms with Gasteiger partial charge in [0.15, 0.2) is 0 Å². The molecule has 1 aliphatic heterocycles. The number of rotatable bonds is 5. The number of alkyl halides is 2. The molecule has 1 saturated heterocycles. The fourth-order valence-electron chi connectivity index (χ4n) is 4.88. The molecular formula is C28H24F2N6OS. The lowest BCUT2D eigenvalue weighted by atomic mass is 10.0. The highest BCUT2D eigenvalue weighted by molar-refractivity contribution is 7.17. The van der Waals surface area contributed by atoms with Crippen LogP contribution in [0.1, 0.15) is 22.3 Å². The highest BCUT2D eigenvalue weighted by atomic mass is 32.1. The summed E-state index contributed by atoms with van der Waals surface area (Å²) in [7, 11) is 1.35. The van der Waals surface area contributed by atoms with Gasteiger partial charge in [0.2, 0.25) is 0 Å². The first-order valence-corrected chi connectivity index (χ1v) is 13.0. The molecule has 7 nitrogen and oxygen atoms in total. The maximum atomic E-state index is 13.9. The van der Waals surface area contributed by atoms with Gasteiger partial charge in [0, 0.05) is 53.5 Å². The number of amides is 1.